The minimum Gasteiger partial charge on any atom is -0.545 e. The molecule has 0 fully saturated rings. The molecular weight excluding hydrogens is 194 g/mol. The summed E-state index contributed by atoms with van der Waals surface area (Å²) in [7, 11) is 6.16. The fourth-order valence-electron chi connectivity index (χ4n) is 0.545. The molecule has 0 aromatic heterocycles. The van der Waals surface area contributed by atoms with Crippen molar-refractivity contribution in [3.63, 3.8) is 0 Å². The molecule has 0 aromatic rings. The molecule has 0 atom stereocenters. The van der Waals surface area contributed by atoms with E-state index in [2.05, 4.69) is 21.1 Å². The molecule has 0 saturated heterocycles. The number of carboxylic acid groups (broad SMARTS) is 1. The number of carbonyl (C=O) groups is 1. The van der Waals surface area contributed by atoms with Gasteiger partial charge < -0.3 is 19.5 Å². The second-order valence-electron chi connectivity index (χ2n) is 3.94. The number of carboxylic acids is 1. The zero-order valence-corrected chi connectivity index (χ0v) is 9.93. The lowest BCUT2D eigenvalue weighted by Crippen LogP contribution is -2.36. The van der Waals surface area contributed by atoms with Crippen molar-refractivity contribution in [3.8, 4) is 0 Å². The average Bonchev–Trinajstić information content (AvgIpc) is 2.02. The second kappa shape index (κ2) is 9.43. The SMILES string of the molecule is C/C=C/C=C/C(=O)[O-].C[N+](C)(C)CCO. The molecule has 0 rings (SSSR count). The lowest BCUT2D eigenvalue weighted by atomic mass is 10.4. The number of hydrogen-bond donors (Lipinski definition) is 1. The number of nitrogens with zero attached hydrogens (tertiary/aromatic N) is 1. The number of allylic oxidation sites excluding steroid dienone is 3. The Morgan fingerprint density at radius 2 is 1.87 bits per heavy atom. The highest BCUT2D eigenvalue weighted by atomic mass is 16.4. The van der Waals surface area contributed by atoms with E-state index in [0.717, 1.165) is 17.1 Å². The van der Waals surface area contributed by atoms with E-state index in [1.54, 1.807) is 19.1 Å². The number of quaternary nitrogens is 1. The van der Waals surface area contributed by atoms with Crippen LogP contribution >= 0.6 is 0 Å². The molecule has 0 aliphatic heterocycles. The number of aliphatic hydroxyl groups is 1. The van der Waals surface area contributed by atoms with Crippen LogP contribution in [0.1, 0.15) is 6.92 Å². The molecule has 15 heavy (non-hydrogen) atoms. The van der Waals surface area contributed by atoms with Crippen molar-refractivity contribution in [1.29, 1.82) is 0 Å². The van der Waals surface area contributed by atoms with Crippen molar-refractivity contribution in [2.24, 2.45) is 0 Å². The van der Waals surface area contributed by atoms with Crippen molar-refractivity contribution in [2.45, 2.75) is 6.92 Å². The highest BCUT2D eigenvalue weighted by Crippen LogP contribution is 1.84. The van der Waals surface area contributed by atoms with Crippen molar-refractivity contribution < 1.29 is 19.5 Å². The Morgan fingerprint density at radius 3 is 2.07 bits per heavy atom. The van der Waals surface area contributed by atoms with Gasteiger partial charge in [-0.25, -0.2) is 0 Å². The van der Waals surface area contributed by atoms with Crippen LogP contribution in [0.5, 0.6) is 0 Å². The molecule has 0 spiro atoms. The first-order valence-corrected chi connectivity index (χ1v) is 4.75. The zero-order chi connectivity index (χ0) is 12.3. The molecule has 0 aromatic carbocycles. The van der Waals surface area contributed by atoms with Gasteiger partial charge in [-0.2, -0.15) is 0 Å². The summed E-state index contributed by atoms with van der Waals surface area (Å²) in [6.45, 7) is 2.92. The predicted octanol–water partition coefficient (Wildman–Crippen LogP) is -0.446. The van der Waals surface area contributed by atoms with Crippen LogP contribution in [0.25, 0.3) is 0 Å². The number of likely N-dealkylation sites (N-methyl/N-ethyl adjacent to an activating group) is 1. The van der Waals surface area contributed by atoms with Gasteiger partial charge in [-0.1, -0.05) is 18.2 Å². The van der Waals surface area contributed by atoms with Gasteiger partial charge in [0.25, 0.3) is 0 Å². The molecule has 0 bridgehead atoms. The van der Waals surface area contributed by atoms with E-state index in [1.165, 1.54) is 6.08 Å². The summed E-state index contributed by atoms with van der Waals surface area (Å²) >= 11 is 0. The number of rotatable bonds is 4. The van der Waals surface area contributed by atoms with E-state index < -0.39 is 5.97 Å². The minimum atomic E-state index is -1.16. The van der Waals surface area contributed by atoms with Crippen molar-refractivity contribution in [1.82, 2.24) is 0 Å². The van der Waals surface area contributed by atoms with Gasteiger partial charge in [0.2, 0.25) is 0 Å². The number of aliphatic carboxylic acids is 1. The van der Waals surface area contributed by atoms with Crippen LogP contribution in [0.3, 0.4) is 0 Å². The molecule has 4 heteroatoms. The fraction of sp³-hybridized carbons (Fsp3) is 0.545. The number of hydrogen-bond acceptors (Lipinski definition) is 3. The van der Waals surface area contributed by atoms with Gasteiger partial charge in [-0.15, -0.1) is 0 Å². The monoisotopic (exact) mass is 215 g/mol. The molecule has 0 heterocycles. The maximum Gasteiger partial charge on any atom is 0.101 e. The summed E-state index contributed by atoms with van der Waals surface area (Å²) in [5.74, 6) is -1.16. The zero-order valence-electron chi connectivity index (χ0n) is 9.93. The van der Waals surface area contributed by atoms with Gasteiger partial charge in [-0.05, 0) is 13.0 Å². The molecule has 4 nitrogen and oxygen atoms in total. The molecule has 0 aliphatic carbocycles. The summed E-state index contributed by atoms with van der Waals surface area (Å²) < 4.78 is 0.844. The van der Waals surface area contributed by atoms with Gasteiger partial charge in [0.05, 0.1) is 33.7 Å². The smallest absolute Gasteiger partial charge is 0.101 e. The lowest BCUT2D eigenvalue weighted by Gasteiger charge is -2.21. The summed E-state index contributed by atoms with van der Waals surface area (Å²) in [5.41, 5.74) is 0. The quantitative estimate of drug-likeness (QED) is 0.393. The van der Waals surface area contributed by atoms with Crippen molar-refractivity contribution in [2.75, 3.05) is 34.3 Å². The maximum absolute atomic E-state index is 9.64. The van der Waals surface area contributed by atoms with Gasteiger partial charge in [0.1, 0.15) is 6.54 Å². The molecule has 88 valence electrons. The van der Waals surface area contributed by atoms with Crippen LogP contribution in [0.2, 0.25) is 0 Å². The van der Waals surface area contributed by atoms with Crippen LogP contribution < -0.4 is 5.11 Å². The van der Waals surface area contributed by atoms with Crippen LogP contribution in [-0.4, -0.2) is 49.9 Å². The predicted molar refractivity (Wildman–Crippen MR) is 58.9 cm³/mol. The Hall–Kier alpha value is -1.13. The third-order valence-corrected chi connectivity index (χ3v) is 1.31. The molecule has 0 amide bonds. The van der Waals surface area contributed by atoms with E-state index >= 15 is 0 Å². The Morgan fingerprint density at radius 1 is 1.33 bits per heavy atom. The van der Waals surface area contributed by atoms with Crippen LogP contribution in [0.4, 0.5) is 0 Å². The first-order valence-electron chi connectivity index (χ1n) is 4.75. The normalized spacial score (nSPS) is 11.5. The van der Waals surface area contributed by atoms with Gasteiger partial charge >= 0.3 is 0 Å². The molecule has 0 unspecified atom stereocenters. The van der Waals surface area contributed by atoms with E-state index in [1.807, 2.05) is 0 Å². The summed E-state index contributed by atoms with van der Waals surface area (Å²) in [4.78, 5) is 9.64. The fourth-order valence-corrected chi connectivity index (χ4v) is 0.545. The minimum absolute atomic E-state index is 0.281. The standard InChI is InChI=1S/C6H8O2.C5H14NO/c1-2-3-4-5-6(7)8;1-6(2,3)4-5-7/h2-5H,1H3,(H,7,8);7H,4-5H2,1-3H3/q;+1/p-1/b3-2+,5-4+;. The largest absolute Gasteiger partial charge is 0.545 e. The highest BCUT2D eigenvalue weighted by molar-refractivity contribution is 5.77. The first-order chi connectivity index (χ1) is 6.83. The second-order valence-corrected chi connectivity index (χ2v) is 3.94. The topological polar surface area (TPSA) is 60.4 Å². The molecule has 0 radical (unpaired) electrons. The van der Waals surface area contributed by atoms with Crippen molar-refractivity contribution >= 4 is 5.97 Å². The Labute approximate surface area is 91.7 Å². The van der Waals surface area contributed by atoms with E-state index in [9.17, 15) is 9.90 Å². The Balaban J connectivity index is 0. The van der Waals surface area contributed by atoms with Gasteiger partial charge in [0.15, 0.2) is 0 Å². The van der Waals surface area contributed by atoms with Gasteiger partial charge in [0, 0.05) is 0 Å². The van der Waals surface area contributed by atoms with Crippen LogP contribution in [0, 0.1) is 0 Å². The van der Waals surface area contributed by atoms with Gasteiger partial charge in [-0.3, -0.25) is 0 Å². The van der Waals surface area contributed by atoms with E-state index in [0.29, 0.717) is 0 Å². The Kier molecular flexibility index (Phi) is 10.2. The Bertz CT molecular complexity index is 214. The molecular formula is C11H21NO3. The maximum atomic E-state index is 9.64. The third kappa shape index (κ3) is 24.6. The van der Waals surface area contributed by atoms with Crippen molar-refractivity contribution in [3.05, 3.63) is 24.3 Å². The summed E-state index contributed by atoms with van der Waals surface area (Å²) in [6, 6.07) is 0. The summed E-state index contributed by atoms with van der Waals surface area (Å²) in [5, 5.41) is 18.0. The molecule has 0 aliphatic rings. The summed E-state index contributed by atoms with van der Waals surface area (Å²) in [6.07, 6.45) is 5.74. The lowest BCUT2D eigenvalue weighted by molar-refractivity contribution is -0.870. The third-order valence-electron chi connectivity index (χ3n) is 1.31. The highest BCUT2D eigenvalue weighted by Gasteiger charge is 2.02. The first kappa shape index (κ1) is 16.3. The van der Waals surface area contributed by atoms with Crippen LogP contribution in [-0.2, 0) is 4.79 Å². The van der Waals surface area contributed by atoms with Crippen LogP contribution in [0.15, 0.2) is 24.3 Å². The van der Waals surface area contributed by atoms with E-state index in [4.69, 9.17) is 5.11 Å². The number of aliphatic hydroxyl groups excluding tert-OH is 1. The number of carbonyl (C=O) groups excluding carboxylic acids is 1. The average molecular weight is 215 g/mol. The molecule has 1 N–H and O–H groups in total. The molecule has 0 saturated carbocycles. The van der Waals surface area contributed by atoms with E-state index in [-0.39, 0.29) is 6.61 Å².